The number of imide groups is 2. The Morgan fingerprint density at radius 2 is 1.19 bits per heavy atom. The summed E-state index contributed by atoms with van der Waals surface area (Å²) in [6.45, 7) is 0.482. The van der Waals surface area contributed by atoms with Gasteiger partial charge in [-0.2, -0.15) is 0 Å². The smallest absolute Gasteiger partial charge is 0.356 e. The number of halogens is 2. The van der Waals surface area contributed by atoms with Crippen LogP contribution >= 0.6 is 23.2 Å². The molecule has 8 rings (SSSR count). The summed E-state index contributed by atoms with van der Waals surface area (Å²) in [5, 5.41) is 15.9. The van der Waals surface area contributed by atoms with Gasteiger partial charge in [0, 0.05) is 59.6 Å². The lowest BCUT2D eigenvalue weighted by atomic mass is 10.0. The molecule has 2 aromatic carbocycles. The molecular weight excluding hydrogens is 799 g/mol. The van der Waals surface area contributed by atoms with E-state index in [1.54, 1.807) is 36.4 Å². The number of anilines is 2. The number of nitrogens with one attached hydrogen (secondary N) is 3. The molecular formula is C37H34Cl2N10O9. The Hall–Kier alpha value is -6.86. The van der Waals surface area contributed by atoms with E-state index in [4.69, 9.17) is 34.0 Å². The lowest BCUT2D eigenvalue weighted by molar-refractivity contribution is -0.138. The number of nitrogen functional groups attached to an aromatic ring is 1. The Kier molecular flexibility index (Phi) is 13.1. The molecule has 2 fully saturated rings. The minimum absolute atomic E-state index is 0. The van der Waals surface area contributed by atoms with Crippen LogP contribution in [0.25, 0.3) is 0 Å². The Bertz CT molecular complexity index is 2330. The number of hydrogen-bond acceptors (Lipinski definition) is 13. The summed E-state index contributed by atoms with van der Waals surface area (Å²) in [5.41, 5.74) is 9.14. The van der Waals surface area contributed by atoms with Crippen LogP contribution < -0.4 is 21.7 Å². The highest BCUT2D eigenvalue weighted by Crippen LogP contribution is 2.33. The van der Waals surface area contributed by atoms with Gasteiger partial charge in [0.2, 0.25) is 23.6 Å². The third-order valence-electron chi connectivity index (χ3n) is 9.14. The van der Waals surface area contributed by atoms with Crippen molar-refractivity contribution in [2.45, 2.75) is 58.3 Å². The van der Waals surface area contributed by atoms with Gasteiger partial charge < -0.3 is 26.0 Å². The van der Waals surface area contributed by atoms with Gasteiger partial charge in [0.1, 0.15) is 28.1 Å². The number of hydrogen-bond donors (Lipinski definition) is 5. The Labute approximate surface area is 339 Å². The van der Waals surface area contributed by atoms with Gasteiger partial charge in [-0.3, -0.25) is 44.2 Å². The summed E-state index contributed by atoms with van der Waals surface area (Å²) in [6.07, 6.45) is 5.87. The monoisotopic (exact) mass is 832 g/mol. The number of rotatable bonds is 5. The number of benzene rings is 2. The Morgan fingerprint density at radius 1 is 0.707 bits per heavy atom. The van der Waals surface area contributed by atoms with Crippen LogP contribution in [0.1, 0.15) is 85.9 Å². The number of carbonyl (C=O) groups is 8. The molecule has 2 aromatic heterocycles. The minimum Gasteiger partial charge on any atom is -0.476 e. The Balaban J connectivity index is 0.000000184. The molecule has 58 heavy (non-hydrogen) atoms. The van der Waals surface area contributed by atoms with Gasteiger partial charge in [-0.05, 0) is 37.1 Å². The van der Waals surface area contributed by atoms with Crippen LogP contribution in [0.3, 0.4) is 0 Å². The molecule has 6 N–H and O–H groups in total. The van der Waals surface area contributed by atoms with Crippen LogP contribution in [0.15, 0.2) is 61.2 Å². The summed E-state index contributed by atoms with van der Waals surface area (Å²) in [4.78, 5) is 112. The minimum atomic E-state index is -1.11. The third-order valence-corrected chi connectivity index (χ3v) is 9.53. The highest BCUT2D eigenvalue weighted by atomic mass is 35.5. The predicted octanol–water partition coefficient (Wildman–Crippen LogP) is 2.64. The first-order valence-corrected chi connectivity index (χ1v) is 17.8. The van der Waals surface area contributed by atoms with Gasteiger partial charge in [0.05, 0.1) is 24.8 Å². The highest BCUT2D eigenvalue weighted by Gasteiger charge is 2.41. The molecule has 4 aromatic rings. The number of carbonyl (C=O) groups excluding carboxylic acids is 7. The van der Waals surface area contributed by atoms with Crippen molar-refractivity contribution in [2.24, 2.45) is 0 Å². The summed E-state index contributed by atoms with van der Waals surface area (Å²) in [5.74, 6) is -3.64. The second-order valence-electron chi connectivity index (χ2n) is 12.7. The number of nitrogens with zero attached hydrogens (tertiary/aromatic N) is 6. The van der Waals surface area contributed by atoms with E-state index < -0.39 is 35.8 Å². The largest absolute Gasteiger partial charge is 0.476 e. The number of fused-ring (bicyclic) bond motifs is 2. The van der Waals surface area contributed by atoms with E-state index in [-0.39, 0.29) is 78.6 Å². The van der Waals surface area contributed by atoms with Crippen molar-refractivity contribution in [3.8, 4) is 0 Å². The van der Waals surface area contributed by atoms with Crippen LogP contribution in [0, 0.1) is 0 Å². The van der Waals surface area contributed by atoms with Gasteiger partial charge in [-0.15, -0.1) is 0 Å². The van der Waals surface area contributed by atoms with Crippen LogP contribution in [-0.2, 0) is 32.3 Å². The van der Waals surface area contributed by atoms with Crippen molar-refractivity contribution in [3.05, 3.63) is 105 Å². The van der Waals surface area contributed by atoms with Crippen molar-refractivity contribution in [1.82, 2.24) is 40.4 Å². The number of aromatic nitrogens is 4. The molecule has 19 nitrogen and oxygen atoms in total. The topological polar surface area (TPSA) is 277 Å². The van der Waals surface area contributed by atoms with Gasteiger partial charge in [0.15, 0.2) is 5.69 Å². The molecule has 2 unspecified atom stereocenters. The highest BCUT2D eigenvalue weighted by molar-refractivity contribution is 6.29. The first-order chi connectivity index (χ1) is 27.2. The maximum Gasteiger partial charge on any atom is 0.356 e. The van der Waals surface area contributed by atoms with Crippen LogP contribution in [0.5, 0.6) is 0 Å². The summed E-state index contributed by atoms with van der Waals surface area (Å²) < 4.78 is 0. The predicted molar refractivity (Wildman–Crippen MR) is 205 cm³/mol. The van der Waals surface area contributed by atoms with Crippen LogP contribution in [-0.4, -0.2) is 94.2 Å². The molecule has 2 saturated heterocycles. The number of piperidine rings is 2. The summed E-state index contributed by atoms with van der Waals surface area (Å²) in [7, 11) is 0. The van der Waals surface area contributed by atoms with E-state index in [0.29, 0.717) is 41.0 Å². The van der Waals surface area contributed by atoms with Crippen LogP contribution in [0.2, 0.25) is 10.3 Å². The first-order valence-electron chi connectivity index (χ1n) is 17.0. The number of amides is 7. The molecule has 0 spiro atoms. The fourth-order valence-corrected chi connectivity index (χ4v) is 6.55. The molecule has 4 aliphatic heterocycles. The lowest BCUT2D eigenvalue weighted by Gasteiger charge is -2.29. The molecule has 0 bridgehead atoms. The van der Waals surface area contributed by atoms with Crippen molar-refractivity contribution < 1.29 is 43.5 Å². The number of carboxylic acid groups (broad SMARTS) is 1. The second-order valence-corrected chi connectivity index (χ2v) is 13.5. The quantitative estimate of drug-likeness (QED) is 0.143. The van der Waals surface area contributed by atoms with E-state index in [2.05, 4.69) is 35.9 Å². The van der Waals surface area contributed by atoms with E-state index in [1.165, 1.54) is 28.4 Å². The SMILES string of the molecule is C.Nc1cccc2c1CN(C1CCC(=O)NC1=O)C2=O.O=C(O)c1cnc(Cl)cn1.O=C1CCC(N2Cc3c(NC(=O)c4cnc(Cl)cn4)cccc3C2=O)C(=O)N1. The van der Waals surface area contributed by atoms with E-state index in [9.17, 15) is 38.4 Å². The molecule has 0 saturated carbocycles. The fourth-order valence-electron chi connectivity index (χ4n) is 6.35. The maximum atomic E-state index is 12.8. The Morgan fingerprint density at radius 3 is 1.66 bits per heavy atom. The average Bonchev–Trinajstić information content (AvgIpc) is 3.70. The van der Waals surface area contributed by atoms with Crippen molar-refractivity contribution in [2.75, 3.05) is 11.1 Å². The molecule has 0 radical (unpaired) electrons. The third kappa shape index (κ3) is 9.22. The standard InChI is InChI=1S/C18H14ClN5O4.C13H13N3O3.C5H3ClN2O2.CH4/c19-14-7-20-12(6-21-14)16(26)22-11-3-1-2-9-10(11)8-24(18(9)28)13-4-5-15(25)23-17(13)27;14-9-3-1-2-7-8(9)6-16(13(7)19)10-4-5-11(17)15-12(10)18;6-4-2-7-3(1-8-4)5(9)10;/h1-3,6-7,13H,4-5,8H2,(H,22,26)(H,23,25,27);1-3,10H,4-6,14H2,(H,15,17,18);1-2H,(H,9,10);1H4. The van der Waals surface area contributed by atoms with Gasteiger partial charge in [0.25, 0.3) is 17.7 Å². The molecule has 0 aliphatic carbocycles. The summed E-state index contributed by atoms with van der Waals surface area (Å²) >= 11 is 11.0. The van der Waals surface area contributed by atoms with Gasteiger partial charge in [-0.1, -0.05) is 42.8 Å². The zero-order valence-electron chi connectivity index (χ0n) is 29.4. The molecule has 4 aliphatic rings. The number of aromatic carboxylic acids is 1. The second kappa shape index (κ2) is 17.9. The lowest BCUT2D eigenvalue weighted by Crippen LogP contribution is -2.52. The maximum absolute atomic E-state index is 12.8. The normalized spacial score (nSPS) is 18.0. The number of nitrogens with two attached hydrogens (primary N) is 1. The van der Waals surface area contributed by atoms with Gasteiger partial charge >= 0.3 is 5.97 Å². The zero-order chi connectivity index (χ0) is 41.0. The van der Waals surface area contributed by atoms with Crippen molar-refractivity contribution in [3.63, 3.8) is 0 Å². The van der Waals surface area contributed by atoms with Crippen LogP contribution in [0.4, 0.5) is 11.4 Å². The zero-order valence-corrected chi connectivity index (χ0v) is 30.9. The van der Waals surface area contributed by atoms with Gasteiger partial charge in [-0.25, -0.2) is 24.7 Å². The first kappa shape index (κ1) is 42.3. The molecule has 2 atom stereocenters. The molecule has 6 heterocycles. The summed E-state index contributed by atoms with van der Waals surface area (Å²) in [6, 6.07) is 8.82. The van der Waals surface area contributed by atoms with E-state index in [0.717, 1.165) is 11.8 Å². The number of carboxylic acids is 1. The van der Waals surface area contributed by atoms with Crippen molar-refractivity contribution >= 4 is 81.9 Å². The molecule has 21 heteroatoms. The molecule has 300 valence electrons. The molecule has 7 amide bonds. The average molecular weight is 834 g/mol. The van der Waals surface area contributed by atoms with E-state index in [1.807, 2.05) is 0 Å². The fraction of sp³-hybridized carbons (Fsp3) is 0.243. The van der Waals surface area contributed by atoms with E-state index >= 15 is 0 Å². The van der Waals surface area contributed by atoms with Crippen molar-refractivity contribution in [1.29, 1.82) is 0 Å².